The monoisotopic (exact) mass is 807 g/mol. The molecule has 1 aliphatic carbocycles. The van der Waals surface area contributed by atoms with Gasteiger partial charge >= 0.3 is 12.2 Å². The lowest BCUT2D eigenvalue weighted by Gasteiger charge is -2.34. The van der Waals surface area contributed by atoms with Crippen molar-refractivity contribution < 1.29 is 35.5 Å². The van der Waals surface area contributed by atoms with Crippen molar-refractivity contribution in [3.05, 3.63) is 89.3 Å². The van der Waals surface area contributed by atoms with Crippen LogP contribution in [-0.2, 0) is 21.0 Å². The van der Waals surface area contributed by atoms with E-state index in [4.69, 9.17) is 16.3 Å². The van der Waals surface area contributed by atoms with Gasteiger partial charge < -0.3 is 20.3 Å². The average Bonchev–Trinajstić information content (AvgIpc) is 3.80. The summed E-state index contributed by atoms with van der Waals surface area (Å²) in [4.78, 5) is 31.4. The van der Waals surface area contributed by atoms with Gasteiger partial charge in [-0.3, -0.25) is 9.78 Å². The van der Waals surface area contributed by atoms with Gasteiger partial charge in [-0.25, -0.2) is 9.37 Å². The molecule has 6 aromatic rings. The molecule has 0 spiro atoms. The largest absolute Gasteiger partial charge is 0.453 e. The topological polar surface area (TPSA) is 157 Å². The number of alkyl halides is 3. The van der Waals surface area contributed by atoms with Gasteiger partial charge in [0.25, 0.3) is 15.9 Å². The maximum atomic E-state index is 16.7. The molecule has 0 unspecified atom stereocenters. The molecule has 3 aromatic heterocycles. The first-order valence-electron chi connectivity index (χ1n) is 17.7. The van der Waals surface area contributed by atoms with E-state index in [0.717, 1.165) is 49.5 Å². The Kier molecular flexibility index (Phi) is 8.81. The van der Waals surface area contributed by atoms with Crippen LogP contribution in [0.1, 0.15) is 43.0 Å². The van der Waals surface area contributed by atoms with Crippen LogP contribution in [-0.4, -0.2) is 75.2 Å². The van der Waals surface area contributed by atoms with Crippen molar-refractivity contribution in [1.29, 1.82) is 0 Å². The summed E-state index contributed by atoms with van der Waals surface area (Å²) in [6.07, 6.45) is 0.680. The number of nitrogens with one attached hydrogen (secondary N) is 2. The van der Waals surface area contributed by atoms with Crippen LogP contribution in [0.3, 0.4) is 0 Å². The van der Waals surface area contributed by atoms with Crippen LogP contribution in [0.15, 0.2) is 72.0 Å². The van der Waals surface area contributed by atoms with Crippen LogP contribution in [0.25, 0.3) is 32.9 Å². The molecule has 3 fully saturated rings. The van der Waals surface area contributed by atoms with Crippen LogP contribution in [0.5, 0.6) is 6.01 Å². The number of rotatable bonds is 9. The van der Waals surface area contributed by atoms with Crippen LogP contribution < -0.4 is 20.3 Å². The van der Waals surface area contributed by atoms with Crippen molar-refractivity contribution in [2.24, 2.45) is 0 Å². The van der Waals surface area contributed by atoms with Gasteiger partial charge in [-0.2, -0.15) is 31.6 Å². The Morgan fingerprint density at radius 3 is 2.48 bits per heavy atom. The van der Waals surface area contributed by atoms with Crippen LogP contribution >= 0.6 is 11.6 Å². The van der Waals surface area contributed by atoms with Gasteiger partial charge in [0, 0.05) is 58.9 Å². The number of pyridine rings is 1. The third-order valence-corrected chi connectivity index (χ3v) is 12.0. The summed E-state index contributed by atoms with van der Waals surface area (Å²) in [5.74, 6) is -1.12. The molecule has 2 N–H and O–H groups in total. The van der Waals surface area contributed by atoms with Crippen molar-refractivity contribution in [1.82, 2.24) is 34.4 Å². The second kappa shape index (κ2) is 13.6. The number of anilines is 2. The molecule has 5 heterocycles. The zero-order chi connectivity index (χ0) is 38.9. The lowest BCUT2D eigenvalue weighted by atomic mass is 10.0. The smallest absolute Gasteiger partial charge is 0.417 e. The van der Waals surface area contributed by atoms with Gasteiger partial charge in [0.15, 0.2) is 18.2 Å². The second-order valence-corrected chi connectivity index (χ2v) is 16.2. The molecule has 9 rings (SSSR count). The molecule has 288 valence electrons. The SMILES string of the molecule is O=C(COc1nc(N2C[C@H]3CC[C@@H](C2)N3)c2cnc(-c3cccc4cccc(Cl)c34)c(F)c2n1)Nc1ccc(S(=O)(=O)n2cnc(C3CC3)n2)c(C(F)(F)F)c1. The number of hydrogen-bond acceptors (Lipinski definition) is 11. The number of fused-ring (bicyclic) bond motifs is 4. The number of amides is 1. The van der Waals surface area contributed by atoms with Crippen molar-refractivity contribution in [3.8, 4) is 17.3 Å². The van der Waals surface area contributed by atoms with E-state index in [9.17, 15) is 26.4 Å². The molecular weight excluding hydrogens is 778 g/mol. The van der Waals surface area contributed by atoms with Gasteiger partial charge in [-0.15, -0.1) is 9.19 Å². The third-order valence-electron chi connectivity index (χ3n) is 10.1. The molecule has 2 saturated heterocycles. The molecule has 2 aliphatic heterocycles. The molecule has 13 nitrogen and oxygen atoms in total. The molecule has 0 radical (unpaired) electrons. The Morgan fingerprint density at radius 2 is 1.75 bits per heavy atom. The predicted molar refractivity (Wildman–Crippen MR) is 198 cm³/mol. The zero-order valence-corrected chi connectivity index (χ0v) is 30.7. The molecule has 3 aromatic carbocycles. The quantitative estimate of drug-likeness (QED) is 0.158. The zero-order valence-electron chi connectivity index (χ0n) is 29.1. The summed E-state index contributed by atoms with van der Waals surface area (Å²) in [5, 5.41) is 11.8. The van der Waals surface area contributed by atoms with E-state index in [1.165, 1.54) is 6.20 Å². The van der Waals surface area contributed by atoms with Crippen molar-refractivity contribution in [3.63, 3.8) is 0 Å². The van der Waals surface area contributed by atoms with Crippen molar-refractivity contribution in [2.45, 2.75) is 54.8 Å². The van der Waals surface area contributed by atoms with Crippen molar-refractivity contribution in [2.75, 3.05) is 29.9 Å². The van der Waals surface area contributed by atoms with Gasteiger partial charge in [0.05, 0.1) is 10.9 Å². The van der Waals surface area contributed by atoms with E-state index < -0.39 is 45.0 Å². The molecule has 2 atom stereocenters. The van der Waals surface area contributed by atoms with E-state index in [2.05, 4.69) is 35.7 Å². The van der Waals surface area contributed by atoms with Crippen LogP contribution in [0, 0.1) is 5.82 Å². The standard InChI is InChI=1S/C37H30ClF4N9O4S/c38-27-6-2-4-19-3-1-5-24(30(19)27)32-31(39)33-25(14-43-32)35(50-15-22-9-10-23(16-50)45-22)48-36(47-33)55-17-29(52)46-21-11-12-28(26(13-21)37(40,41)42)56(53,54)51-18-44-34(49-51)20-7-8-20/h1-6,11-14,18,20,22-23,45H,7-10,15-17H2,(H,46,52)/t22-,23+. The predicted octanol–water partition coefficient (Wildman–Crippen LogP) is 6.32. The highest BCUT2D eigenvalue weighted by Crippen LogP contribution is 2.40. The molecule has 2 bridgehead atoms. The van der Waals surface area contributed by atoms with E-state index >= 15 is 4.39 Å². The summed E-state index contributed by atoms with van der Waals surface area (Å²) in [7, 11) is -4.78. The Hall–Kier alpha value is -5.46. The van der Waals surface area contributed by atoms with E-state index in [-0.39, 0.29) is 46.7 Å². The van der Waals surface area contributed by atoms with Gasteiger partial charge in [-0.1, -0.05) is 41.9 Å². The first-order valence-corrected chi connectivity index (χ1v) is 19.5. The fourth-order valence-electron chi connectivity index (χ4n) is 7.37. The highest BCUT2D eigenvalue weighted by atomic mass is 35.5. The minimum atomic E-state index is -5.12. The van der Waals surface area contributed by atoms with E-state index in [1.807, 2.05) is 17.0 Å². The van der Waals surface area contributed by atoms with Crippen molar-refractivity contribution >= 4 is 60.7 Å². The van der Waals surface area contributed by atoms with Gasteiger partial charge in [0.1, 0.15) is 28.3 Å². The van der Waals surface area contributed by atoms with Gasteiger partial charge in [-0.05, 0) is 55.3 Å². The molecule has 1 amide bonds. The highest BCUT2D eigenvalue weighted by molar-refractivity contribution is 7.89. The molecule has 3 aliphatic rings. The Morgan fingerprint density at radius 1 is 1.00 bits per heavy atom. The van der Waals surface area contributed by atoms with Crippen LogP contribution in [0.4, 0.5) is 29.1 Å². The summed E-state index contributed by atoms with van der Waals surface area (Å²) in [6.45, 7) is 0.355. The highest BCUT2D eigenvalue weighted by Gasteiger charge is 2.39. The summed E-state index contributed by atoms with van der Waals surface area (Å²) in [5.41, 5.74) is -1.55. The number of carbonyl (C=O) groups is 1. The number of carbonyl (C=O) groups excluding carboxylic acids is 1. The molecule has 19 heteroatoms. The number of ether oxygens (including phenoxy) is 1. The third kappa shape index (κ3) is 6.64. The lowest BCUT2D eigenvalue weighted by Crippen LogP contribution is -2.51. The Balaban J connectivity index is 1.02. The van der Waals surface area contributed by atoms with Gasteiger partial charge in [0.2, 0.25) is 0 Å². The second-order valence-electron chi connectivity index (χ2n) is 14.0. The van der Waals surface area contributed by atoms with E-state index in [0.29, 0.717) is 50.4 Å². The molecular formula is C37H30ClF4N9O4S. The number of aromatic nitrogens is 6. The first-order chi connectivity index (χ1) is 26.8. The average molecular weight is 808 g/mol. The number of nitrogens with zero attached hydrogens (tertiary/aromatic N) is 7. The Bertz CT molecular complexity index is 2660. The lowest BCUT2D eigenvalue weighted by molar-refractivity contribution is -0.139. The summed E-state index contributed by atoms with van der Waals surface area (Å²) < 4.78 is 92.0. The first kappa shape index (κ1) is 36.2. The number of benzene rings is 3. The summed E-state index contributed by atoms with van der Waals surface area (Å²) >= 11 is 6.56. The van der Waals surface area contributed by atoms with E-state index in [1.54, 1.807) is 24.3 Å². The number of hydrogen-bond donors (Lipinski definition) is 2. The minimum absolute atomic E-state index is 0.0111. The number of halogens is 5. The fraction of sp³-hybridized carbons (Fsp3) is 0.297. The summed E-state index contributed by atoms with van der Waals surface area (Å²) in [6, 6.07) is 12.9. The molecule has 56 heavy (non-hydrogen) atoms. The van der Waals surface area contributed by atoms with Crippen LogP contribution in [0.2, 0.25) is 5.02 Å². The maximum Gasteiger partial charge on any atom is 0.417 e. The maximum absolute atomic E-state index is 16.7. The Labute approximate surface area is 321 Å². The normalized spacial score (nSPS) is 18.5. The minimum Gasteiger partial charge on any atom is -0.453 e. The molecule has 1 saturated carbocycles. The fourth-order valence-corrected chi connectivity index (χ4v) is 8.91. The number of piperazine rings is 1.